The molecule has 0 heterocycles. The molecule has 0 atom stereocenters. The topological polar surface area (TPSA) is 44.7 Å². The molecule has 2 aromatic carbocycles. The molecule has 0 spiro atoms. The van der Waals surface area contributed by atoms with Gasteiger partial charge in [0.05, 0.1) is 6.21 Å². The molecule has 5 heteroatoms. The standard InChI is InChI=1S/C16H16ClN3O/c1-20(2)15-8-6-12(7-9-15)11-18-19-16(21)13-4-3-5-14(17)10-13/h3-11H,1-2H3,(H,19,21)/b18-11-. The van der Waals surface area contributed by atoms with E-state index in [2.05, 4.69) is 10.5 Å². The third kappa shape index (κ3) is 4.33. The Morgan fingerprint density at radius 1 is 1.19 bits per heavy atom. The zero-order chi connectivity index (χ0) is 15.2. The summed E-state index contributed by atoms with van der Waals surface area (Å²) >= 11 is 5.84. The van der Waals surface area contributed by atoms with Crippen LogP contribution in [0.25, 0.3) is 0 Å². The summed E-state index contributed by atoms with van der Waals surface area (Å²) in [7, 11) is 3.96. The number of carbonyl (C=O) groups is 1. The molecule has 2 rings (SSSR count). The number of anilines is 1. The molecule has 1 N–H and O–H groups in total. The number of amides is 1. The summed E-state index contributed by atoms with van der Waals surface area (Å²) in [6.07, 6.45) is 1.60. The van der Waals surface area contributed by atoms with Crippen molar-refractivity contribution >= 4 is 29.4 Å². The first-order valence-electron chi connectivity index (χ1n) is 6.42. The lowest BCUT2D eigenvalue weighted by atomic mass is 10.2. The Labute approximate surface area is 129 Å². The van der Waals surface area contributed by atoms with Crippen molar-refractivity contribution in [2.24, 2.45) is 5.10 Å². The average Bonchev–Trinajstić information content (AvgIpc) is 2.47. The predicted molar refractivity (Wildman–Crippen MR) is 87.3 cm³/mol. The third-order valence-electron chi connectivity index (χ3n) is 2.88. The molecular formula is C16H16ClN3O. The number of nitrogens with zero attached hydrogens (tertiary/aromatic N) is 2. The summed E-state index contributed by atoms with van der Waals surface area (Å²) in [5.41, 5.74) is 4.96. The zero-order valence-corrected chi connectivity index (χ0v) is 12.6. The number of benzene rings is 2. The Balaban J connectivity index is 1.97. The van der Waals surface area contributed by atoms with Gasteiger partial charge in [-0.1, -0.05) is 29.8 Å². The van der Waals surface area contributed by atoms with Crippen molar-refractivity contribution < 1.29 is 4.79 Å². The van der Waals surface area contributed by atoms with Gasteiger partial charge in [-0.25, -0.2) is 5.43 Å². The number of carbonyl (C=O) groups excluding carboxylic acids is 1. The first-order chi connectivity index (χ1) is 10.1. The van der Waals surface area contributed by atoms with Gasteiger partial charge in [-0.2, -0.15) is 5.10 Å². The molecule has 0 saturated carbocycles. The van der Waals surface area contributed by atoms with Crippen molar-refractivity contribution in [3.05, 3.63) is 64.7 Å². The van der Waals surface area contributed by atoms with E-state index in [0.717, 1.165) is 11.3 Å². The van der Waals surface area contributed by atoms with E-state index in [1.165, 1.54) is 0 Å². The SMILES string of the molecule is CN(C)c1ccc(/C=N\NC(=O)c2cccc(Cl)c2)cc1. The fourth-order valence-electron chi connectivity index (χ4n) is 1.72. The highest BCUT2D eigenvalue weighted by Gasteiger charge is 2.03. The number of hydrazone groups is 1. The number of hydrogen-bond donors (Lipinski definition) is 1. The van der Waals surface area contributed by atoms with Gasteiger partial charge in [0.15, 0.2) is 0 Å². The minimum atomic E-state index is -0.293. The molecule has 0 aliphatic carbocycles. The molecule has 108 valence electrons. The maximum atomic E-state index is 11.8. The summed E-state index contributed by atoms with van der Waals surface area (Å²) in [5, 5.41) is 4.46. The van der Waals surface area contributed by atoms with Crippen LogP contribution < -0.4 is 10.3 Å². The quantitative estimate of drug-likeness (QED) is 0.696. The van der Waals surface area contributed by atoms with E-state index in [9.17, 15) is 4.79 Å². The number of hydrogen-bond acceptors (Lipinski definition) is 3. The second-order valence-electron chi connectivity index (χ2n) is 4.70. The highest BCUT2D eigenvalue weighted by molar-refractivity contribution is 6.30. The monoisotopic (exact) mass is 301 g/mol. The van der Waals surface area contributed by atoms with Crippen LogP contribution in [0.4, 0.5) is 5.69 Å². The van der Waals surface area contributed by atoms with E-state index in [4.69, 9.17) is 11.6 Å². The molecule has 0 fully saturated rings. The molecule has 0 saturated heterocycles. The van der Waals surface area contributed by atoms with Gasteiger partial charge in [-0.05, 0) is 35.9 Å². The van der Waals surface area contributed by atoms with E-state index in [0.29, 0.717) is 10.6 Å². The van der Waals surface area contributed by atoms with E-state index < -0.39 is 0 Å². The van der Waals surface area contributed by atoms with Crippen LogP contribution in [0.2, 0.25) is 5.02 Å². The Bertz CT molecular complexity index is 651. The minimum absolute atomic E-state index is 0.293. The van der Waals surface area contributed by atoms with Gasteiger partial charge in [0.2, 0.25) is 0 Å². The predicted octanol–water partition coefficient (Wildman–Crippen LogP) is 3.17. The fraction of sp³-hybridized carbons (Fsp3) is 0.125. The van der Waals surface area contributed by atoms with Gasteiger partial charge in [-0.3, -0.25) is 4.79 Å². The van der Waals surface area contributed by atoms with E-state index >= 15 is 0 Å². The summed E-state index contributed by atoms with van der Waals surface area (Å²) in [5.74, 6) is -0.293. The van der Waals surface area contributed by atoms with Gasteiger partial charge in [0, 0.05) is 30.4 Å². The van der Waals surface area contributed by atoms with Crippen molar-refractivity contribution in [2.75, 3.05) is 19.0 Å². The van der Waals surface area contributed by atoms with E-state index in [1.807, 2.05) is 43.3 Å². The maximum Gasteiger partial charge on any atom is 0.271 e. The normalized spacial score (nSPS) is 10.6. The highest BCUT2D eigenvalue weighted by atomic mass is 35.5. The lowest BCUT2D eigenvalue weighted by Gasteiger charge is -2.11. The summed E-state index contributed by atoms with van der Waals surface area (Å²) in [6.45, 7) is 0. The van der Waals surface area contributed by atoms with Crippen LogP contribution in [-0.4, -0.2) is 26.2 Å². The van der Waals surface area contributed by atoms with Crippen molar-refractivity contribution in [1.29, 1.82) is 0 Å². The molecule has 0 bridgehead atoms. The van der Waals surface area contributed by atoms with Crippen molar-refractivity contribution in [2.45, 2.75) is 0 Å². The van der Waals surface area contributed by atoms with E-state index in [1.54, 1.807) is 30.5 Å². The van der Waals surface area contributed by atoms with E-state index in [-0.39, 0.29) is 5.91 Å². The Morgan fingerprint density at radius 2 is 1.90 bits per heavy atom. The van der Waals surface area contributed by atoms with Gasteiger partial charge in [0.25, 0.3) is 5.91 Å². The molecule has 0 aromatic heterocycles. The lowest BCUT2D eigenvalue weighted by Crippen LogP contribution is -2.17. The summed E-state index contributed by atoms with van der Waals surface area (Å²) in [4.78, 5) is 13.9. The van der Waals surface area contributed by atoms with Gasteiger partial charge >= 0.3 is 0 Å². The lowest BCUT2D eigenvalue weighted by molar-refractivity contribution is 0.0955. The largest absolute Gasteiger partial charge is 0.378 e. The molecule has 0 unspecified atom stereocenters. The smallest absolute Gasteiger partial charge is 0.271 e. The van der Waals surface area contributed by atoms with Gasteiger partial charge in [0.1, 0.15) is 0 Å². The molecule has 21 heavy (non-hydrogen) atoms. The molecule has 4 nitrogen and oxygen atoms in total. The van der Waals surface area contributed by atoms with Crippen molar-refractivity contribution in [3.8, 4) is 0 Å². The first kappa shape index (κ1) is 15.1. The molecule has 1 amide bonds. The van der Waals surface area contributed by atoms with Crippen LogP contribution in [0.5, 0.6) is 0 Å². The molecule has 2 aromatic rings. The van der Waals surface area contributed by atoms with Gasteiger partial charge in [-0.15, -0.1) is 0 Å². The summed E-state index contributed by atoms with van der Waals surface area (Å²) in [6, 6.07) is 14.6. The second-order valence-corrected chi connectivity index (χ2v) is 5.13. The average molecular weight is 302 g/mol. The molecular weight excluding hydrogens is 286 g/mol. The van der Waals surface area contributed by atoms with Crippen LogP contribution >= 0.6 is 11.6 Å². The Morgan fingerprint density at radius 3 is 2.52 bits per heavy atom. The first-order valence-corrected chi connectivity index (χ1v) is 6.80. The second kappa shape index (κ2) is 6.90. The van der Waals surface area contributed by atoms with Crippen LogP contribution in [0, 0.1) is 0 Å². The fourth-order valence-corrected chi connectivity index (χ4v) is 1.91. The molecule has 0 radical (unpaired) electrons. The number of nitrogens with one attached hydrogen (secondary N) is 1. The molecule has 0 aliphatic heterocycles. The summed E-state index contributed by atoms with van der Waals surface area (Å²) < 4.78 is 0. The Hall–Kier alpha value is -2.33. The third-order valence-corrected chi connectivity index (χ3v) is 3.11. The number of halogens is 1. The van der Waals surface area contributed by atoms with Crippen LogP contribution in [0.3, 0.4) is 0 Å². The number of rotatable bonds is 4. The highest BCUT2D eigenvalue weighted by Crippen LogP contribution is 2.11. The molecule has 0 aliphatic rings. The Kier molecular flexibility index (Phi) is 4.95. The zero-order valence-electron chi connectivity index (χ0n) is 11.9. The van der Waals surface area contributed by atoms with Crippen LogP contribution in [0.1, 0.15) is 15.9 Å². The van der Waals surface area contributed by atoms with Crippen LogP contribution in [0.15, 0.2) is 53.6 Å². The van der Waals surface area contributed by atoms with Gasteiger partial charge < -0.3 is 4.90 Å². The minimum Gasteiger partial charge on any atom is -0.378 e. The maximum absolute atomic E-state index is 11.8. The van der Waals surface area contributed by atoms with Crippen molar-refractivity contribution in [1.82, 2.24) is 5.43 Å². The van der Waals surface area contributed by atoms with Crippen LogP contribution in [-0.2, 0) is 0 Å². The van der Waals surface area contributed by atoms with Crippen molar-refractivity contribution in [3.63, 3.8) is 0 Å².